The minimum Gasteiger partial charge on any atom is -0.353 e. The van der Waals surface area contributed by atoms with Crippen molar-refractivity contribution in [3.05, 3.63) is 29.5 Å². The van der Waals surface area contributed by atoms with E-state index in [4.69, 9.17) is 11.6 Å². The molecule has 2 atom stereocenters. The quantitative estimate of drug-likeness (QED) is 0.798. The van der Waals surface area contributed by atoms with Gasteiger partial charge in [-0.05, 0) is 32.5 Å². The van der Waals surface area contributed by atoms with Gasteiger partial charge in [-0.25, -0.2) is 4.98 Å². The fourth-order valence-electron chi connectivity index (χ4n) is 3.12. The van der Waals surface area contributed by atoms with Crippen LogP contribution in [0.2, 0.25) is 5.15 Å². The third-order valence-corrected chi connectivity index (χ3v) is 4.70. The molecule has 3 rings (SSSR count). The molecule has 1 aliphatic rings. The Morgan fingerprint density at radius 1 is 1.38 bits per heavy atom. The van der Waals surface area contributed by atoms with Crippen LogP contribution in [0.5, 0.6) is 0 Å². The fourth-order valence-corrected chi connectivity index (χ4v) is 3.31. The van der Waals surface area contributed by atoms with Crippen LogP contribution < -0.4 is 4.90 Å². The summed E-state index contributed by atoms with van der Waals surface area (Å²) in [5.41, 5.74) is 0.909. The molecular weight excluding hydrogens is 284 g/mol. The van der Waals surface area contributed by atoms with Gasteiger partial charge >= 0.3 is 0 Å². The van der Waals surface area contributed by atoms with Crippen molar-refractivity contribution in [1.29, 1.82) is 0 Å². The number of rotatable bonds is 2. The van der Waals surface area contributed by atoms with Gasteiger partial charge in [0, 0.05) is 42.8 Å². The molecule has 0 bridgehead atoms. The number of likely N-dealkylation sites (N-methyl/N-ethyl adjacent to an activating group) is 1. The largest absolute Gasteiger partial charge is 0.353 e. The van der Waals surface area contributed by atoms with Crippen molar-refractivity contribution in [2.45, 2.75) is 32.4 Å². The third-order valence-electron chi connectivity index (χ3n) is 4.51. The van der Waals surface area contributed by atoms with Gasteiger partial charge in [-0.3, -0.25) is 9.88 Å². The van der Waals surface area contributed by atoms with Gasteiger partial charge in [0.25, 0.3) is 0 Å². The van der Waals surface area contributed by atoms with Gasteiger partial charge in [-0.15, -0.1) is 0 Å². The Labute approximate surface area is 130 Å². The number of aromatic nitrogens is 2. The molecule has 0 amide bonds. The van der Waals surface area contributed by atoms with Gasteiger partial charge in [0.05, 0.1) is 5.52 Å². The average Bonchev–Trinajstić information content (AvgIpc) is 2.49. The summed E-state index contributed by atoms with van der Waals surface area (Å²) in [6, 6.07) is 6.90. The van der Waals surface area contributed by atoms with E-state index >= 15 is 0 Å². The first-order valence-electron chi connectivity index (χ1n) is 7.48. The van der Waals surface area contributed by atoms with Crippen molar-refractivity contribution < 1.29 is 0 Å². The molecule has 0 aromatic carbocycles. The van der Waals surface area contributed by atoms with Crippen molar-refractivity contribution in [3.8, 4) is 0 Å². The van der Waals surface area contributed by atoms with E-state index in [1.807, 2.05) is 12.1 Å². The second kappa shape index (κ2) is 5.78. The monoisotopic (exact) mass is 304 g/mol. The second-order valence-corrected chi connectivity index (χ2v) is 6.21. The van der Waals surface area contributed by atoms with E-state index in [-0.39, 0.29) is 0 Å². The summed E-state index contributed by atoms with van der Waals surface area (Å²) in [5.74, 6) is 0.962. The van der Waals surface area contributed by atoms with Crippen LogP contribution in [0.4, 0.5) is 5.82 Å². The zero-order valence-corrected chi connectivity index (χ0v) is 13.5. The van der Waals surface area contributed by atoms with E-state index in [0.29, 0.717) is 17.2 Å². The van der Waals surface area contributed by atoms with E-state index in [2.05, 4.69) is 46.7 Å². The maximum Gasteiger partial charge on any atom is 0.139 e. The summed E-state index contributed by atoms with van der Waals surface area (Å²) in [4.78, 5) is 13.8. The maximum absolute atomic E-state index is 6.19. The molecule has 0 saturated carbocycles. The van der Waals surface area contributed by atoms with Crippen LogP contribution in [0.1, 0.15) is 20.3 Å². The normalized spacial score (nSPS) is 23.7. The van der Waals surface area contributed by atoms with Crippen LogP contribution in [-0.2, 0) is 0 Å². The molecule has 0 aliphatic carbocycles. The number of hydrogen-bond donors (Lipinski definition) is 0. The molecule has 4 nitrogen and oxygen atoms in total. The van der Waals surface area contributed by atoms with Crippen molar-refractivity contribution >= 4 is 28.3 Å². The topological polar surface area (TPSA) is 32.3 Å². The van der Waals surface area contributed by atoms with Gasteiger partial charge in [0.15, 0.2) is 0 Å². The first kappa shape index (κ1) is 14.5. The van der Waals surface area contributed by atoms with E-state index in [9.17, 15) is 0 Å². The Morgan fingerprint density at radius 3 is 2.95 bits per heavy atom. The van der Waals surface area contributed by atoms with Gasteiger partial charge in [-0.1, -0.05) is 18.5 Å². The molecule has 1 aliphatic heterocycles. The van der Waals surface area contributed by atoms with Gasteiger partial charge in [0.1, 0.15) is 11.0 Å². The van der Waals surface area contributed by atoms with Crippen LogP contribution in [0.25, 0.3) is 10.9 Å². The third kappa shape index (κ3) is 2.70. The van der Waals surface area contributed by atoms with Gasteiger partial charge in [0.2, 0.25) is 0 Å². The Kier molecular flexibility index (Phi) is 4.00. The first-order valence-corrected chi connectivity index (χ1v) is 7.86. The smallest absolute Gasteiger partial charge is 0.139 e. The van der Waals surface area contributed by atoms with Crippen molar-refractivity contribution in [2.75, 3.05) is 25.0 Å². The SMILES string of the molecule is CCC1CN(c2nc(Cl)cc3ncccc23)CC(C)N1C. The van der Waals surface area contributed by atoms with Gasteiger partial charge in [-0.2, -0.15) is 0 Å². The molecule has 2 aromatic heterocycles. The van der Waals surface area contributed by atoms with Crippen LogP contribution in [-0.4, -0.2) is 47.1 Å². The Balaban J connectivity index is 2.04. The predicted molar refractivity (Wildman–Crippen MR) is 88.1 cm³/mol. The fraction of sp³-hybridized carbons (Fsp3) is 0.500. The molecule has 5 heteroatoms. The lowest BCUT2D eigenvalue weighted by molar-refractivity contribution is 0.154. The Bertz CT molecular complexity index is 645. The number of fused-ring (bicyclic) bond motifs is 1. The predicted octanol–water partition coefficient (Wildman–Crippen LogP) is 3.20. The lowest BCUT2D eigenvalue weighted by Crippen LogP contribution is -2.56. The highest BCUT2D eigenvalue weighted by Gasteiger charge is 2.29. The summed E-state index contributed by atoms with van der Waals surface area (Å²) in [6.45, 7) is 6.45. The number of halogens is 1. The Hall–Kier alpha value is -1.39. The van der Waals surface area contributed by atoms with Crippen LogP contribution in [0, 0.1) is 0 Å². The number of piperazine rings is 1. The molecule has 3 heterocycles. The molecule has 0 spiro atoms. The van der Waals surface area contributed by atoms with Crippen LogP contribution >= 0.6 is 11.6 Å². The van der Waals surface area contributed by atoms with Crippen LogP contribution in [0.15, 0.2) is 24.4 Å². The number of anilines is 1. The summed E-state index contributed by atoms with van der Waals surface area (Å²) in [7, 11) is 2.21. The maximum atomic E-state index is 6.19. The highest BCUT2D eigenvalue weighted by Crippen LogP contribution is 2.29. The average molecular weight is 305 g/mol. The zero-order valence-electron chi connectivity index (χ0n) is 12.8. The number of nitrogens with zero attached hydrogens (tertiary/aromatic N) is 4. The van der Waals surface area contributed by atoms with E-state index in [1.54, 1.807) is 6.20 Å². The molecule has 1 saturated heterocycles. The lowest BCUT2D eigenvalue weighted by Gasteiger charge is -2.44. The molecule has 2 unspecified atom stereocenters. The standard InChI is InChI=1S/C16H21ClN4/c1-4-12-10-21(9-11(2)20(12)3)16-13-6-5-7-18-14(13)8-15(17)19-16/h5-8,11-12H,4,9-10H2,1-3H3. The number of hydrogen-bond acceptors (Lipinski definition) is 4. The highest BCUT2D eigenvalue weighted by molar-refractivity contribution is 6.30. The molecule has 1 fully saturated rings. The second-order valence-electron chi connectivity index (χ2n) is 5.82. The van der Waals surface area contributed by atoms with E-state index in [0.717, 1.165) is 36.2 Å². The van der Waals surface area contributed by atoms with Gasteiger partial charge < -0.3 is 4.90 Å². The molecule has 21 heavy (non-hydrogen) atoms. The van der Waals surface area contributed by atoms with E-state index in [1.165, 1.54) is 0 Å². The summed E-state index contributed by atoms with van der Waals surface area (Å²) in [6.07, 6.45) is 2.93. The minimum atomic E-state index is 0.496. The molecule has 0 N–H and O–H groups in total. The molecule has 112 valence electrons. The van der Waals surface area contributed by atoms with Crippen molar-refractivity contribution in [2.24, 2.45) is 0 Å². The lowest BCUT2D eigenvalue weighted by atomic mass is 10.1. The highest BCUT2D eigenvalue weighted by atomic mass is 35.5. The van der Waals surface area contributed by atoms with Crippen LogP contribution in [0.3, 0.4) is 0 Å². The molecular formula is C16H21ClN4. The summed E-state index contributed by atoms with van der Waals surface area (Å²) < 4.78 is 0. The zero-order chi connectivity index (χ0) is 15.0. The van der Waals surface area contributed by atoms with E-state index < -0.39 is 0 Å². The Morgan fingerprint density at radius 2 is 2.19 bits per heavy atom. The first-order chi connectivity index (χ1) is 10.1. The minimum absolute atomic E-state index is 0.496. The summed E-state index contributed by atoms with van der Waals surface area (Å²) in [5, 5.41) is 1.59. The molecule has 2 aromatic rings. The summed E-state index contributed by atoms with van der Waals surface area (Å²) >= 11 is 6.19. The van der Waals surface area contributed by atoms with Crippen molar-refractivity contribution in [3.63, 3.8) is 0 Å². The molecule has 0 radical (unpaired) electrons. The van der Waals surface area contributed by atoms with Crippen molar-refractivity contribution in [1.82, 2.24) is 14.9 Å². The number of pyridine rings is 2.